The number of aromatic nitrogens is 2. The van der Waals surface area contributed by atoms with Crippen LogP contribution in [0.25, 0.3) is 0 Å². The van der Waals surface area contributed by atoms with E-state index in [2.05, 4.69) is 42.6 Å². The molecule has 1 heterocycles. The number of hydrogen-bond donors (Lipinski definition) is 2. The highest BCUT2D eigenvalue weighted by Gasteiger charge is 2.21. The van der Waals surface area contributed by atoms with Crippen LogP contribution in [0.15, 0.2) is 47.1 Å². The molecule has 0 saturated heterocycles. The third-order valence-electron chi connectivity index (χ3n) is 4.06. The van der Waals surface area contributed by atoms with E-state index in [4.69, 9.17) is 5.26 Å². The van der Waals surface area contributed by atoms with E-state index >= 15 is 0 Å². The van der Waals surface area contributed by atoms with Crippen LogP contribution in [0.5, 0.6) is 0 Å². The molecule has 0 spiro atoms. The van der Waals surface area contributed by atoms with Crippen LogP contribution in [0.1, 0.15) is 16.7 Å². The molecule has 2 aromatic carbocycles. The minimum atomic E-state index is -0.415. The molecule has 0 atom stereocenters. The number of aryl methyl sites for hydroxylation is 1. The van der Waals surface area contributed by atoms with E-state index in [0.717, 1.165) is 11.3 Å². The molecule has 2 N–H and O–H groups in total. The minimum Gasteiger partial charge on any atom is -0.339 e. The molecular formula is C19H15BrN6O2. The number of rotatable bonds is 5. The maximum atomic E-state index is 11.4. The molecule has 0 aliphatic heterocycles. The molecule has 0 saturated carbocycles. The number of anilines is 4. The monoisotopic (exact) mass is 438 g/mol. The van der Waals surface area contributed by atoms with Crippen molar-refractivity contribution < 1.29 is 4.92 Å². The highest BCUT2D eigenvalue weighted by Crippen LogP contribution is 2.37. The van der Waals surface area contributed by atoms with Crippen molar-refractivity contribution in [3.63, 3.8) is 0 Å². The van der Waals surface area contributed by atoms with E-state index in [1.165, 1.54) is 0 Å². The summed E-state index contributed by atoms with van der Waals surface area (Å²) in [7, 11) is 0. The third kappa shape index (κ3) is 4.07. The van der Waals surface area contributed by atoms with Crippen LogP contribution in [0.4, 0.5) is 28.8 Å². The van der Waals surface area contributed by atoms with Gasteiger partial charge in [0.1, 0.15) is 5.82 Å². The first kappa shape index (κ1) is 19.3. The fraction of sp³-hybridized carbons (Fsp3) is 0.105. The summed E-state index contributed by atoms with van der Waals surface area (Å²) in [5.74, 6) is 0.852. The van der Waals surface area contributed by atoms with Gasteiger partial charge in [-0.1, -0.05) is 0 Å². The zero-order valence-corrected chi connectivity index (χ0v) is 16.6. The molecule has 9 heteroatoms. The second-order valence-corrected chi connectivity index (χ2v) is 6.84. The van der Waals surface area contributed by atoms with Gasteiger partial charge >= 0.3 is 0 Å². The van der Waals surface area contributed by atoms with E-state index in [9.17, 15) is 10.1 Å². The summed E-state index contributed by atoms with van der Waals surface area (Å²) in [5, 5.41) is 26.4. The van der Waals surface area contributed by atoms with Gasteiger partial charge in [-0.05, 0) is 71.7 Å². The molecule has 3 rings (SSSR count). The average molecular weight is 439 g/mol. The van der Waals surface area contributed by atoms with Gasteiger partial charge < -0.3 is 10.6 Å². The molecule has 0 radical (unpaired) electrons. The van der Waals surface area contributed by atoms with Crippen LogP contribution in [0, 0.1) is 35.3 Å². The van der Waals surface area contributed by atoms with E-state index < -0.39 is 4.92 Å². The number of halogens is 1. The largest absolute Gasteiger partial charge is 0.339 e. The molecule has 0 aliphatic rings. The molecule has 8 nitrogen and oxygen atoms in total. The minimum absolute atomic E-state index is 0.0121. The Morgan fingerprint density at radius 2 is 1.89 bits per heavy atom. The number of nitriles is 1. The van der Waals surface area contributed by atoms with Gasteiger partial charge in [-0.3, -0.25) is 10.1 Å². The number of hydrogen-bond acceptors (Lipinski definition) is 7. The summed E-state index contributed by atoms with van der Waals surface area (Å²) in [5.41, 5.74) is 3.29. The summed E-state index contributed by atoms with van der Waals surface area (Å²) in [6.07, 6.45) is 1.58. The van der Waals surface area contributed by atoms with Gasteiger partial charge in [0.15, 0.2) is 0 Å². The van der Waals surface area contributed by atoms with Crippen LogP contribution in [0.3, 0.4) is 0 Å². The highest BCUT2D eigenvalue weighted by molar-refractivity contribution is 9.10. The Morgan fingerprint density at radius 3 is 2.54 bits per heavy atom. The summed E-state index contributed by atoms with van der Waals surface area (Å²) in [6, 6.07) is 12.3. The van der Waals surface area contributed by atoms with E-state index in [1.807, 2.05) is 6.92 Å². The SMILES string of the molecule is Cc1cc(Br)c([N+](=O)[O-])c(C)c1Nc1ccnc(Nc2ccc(C#N)cc2)n1. The Hall–Kier alpha value is -3.51. The fourth-order valence-electron chi connectivity index (χ4n) is 2.71. The van der Waals surface area contributed by atoms with Crippen LogP contribution in [-0.4, -0.2) is 14.9 Å². The molecule has 0 bridgehead atoms. The first-order valence-corrected chi connectivity index (χ1v) is 8.99. The Morgan fingerprint density at radius 1 is 1.18 bits per heavy atom. The second kappa shape index (κ2) is 8.02. The predicted octanol–water partition coefficient (Wildman–Crippen LogP) is 5.12. The Labute approximate surface area is 169 Å². The molecule has 0 fully saturated rings. The zero-order valence-electron chi connectivity index (χ0n) is 15.0. The van der Waals surface area contributed by atoms with Crippen molar-refractivity contribution in [3.05, 3.63) is 73.9 Å². The van der Waals surface area contributed by atoms with Crippen molar-refractivity contribution in [1.29, 1.82) is 5.26 Å². The van der Waals surface area contributed by atoms with Crippen molar-refractivity contribution >= 4 is 44.8 Å². The van der Waals surface area contributed by atoms with Crippen molar-refractivity contribution in [2.24, 2.45) is 0 Å². The van der Waals surface area contributed by atoms with Gasteiger partial charge in [0.25, 0.3) is 5.69 Å². The van der Waals surface area contributed by atoms with Crippen molar-refractivity contribution in [1.82, 2.24) is 9.97 Å². The van der Waals surface area contributed by atoms with Gasteiger partial charge in [-0.15, -0.1) is 0 Å². The Balaban J connectivity index is 1.88. The summed E-state index contributed by atoms with van der Waals surface area (Å²) in [4.78, 5) is 19.5. The van der Waals surface area contributed by atoms with Crippen LogP contribution >= 0.6 is 15.9 Å². The summed E-state index contributed by atoms with van der Waals surface area (Å²) < 4.78 is 0.434. The van der Waals surface area contributed by atoms with Gasteiger partial charge in [-0.2, -0.15) is 10.2 Å². The number of nitro benzene ring substituents is 1. The lowest BCUT2D eigenvalue weighted by Gasteiger charge is -2.14. The molecule has 0 amide bonds. The molecule has 1 aromatic heterocycles. The molecule has 3 aromatic rings. The van der Waals surface area contributed by atoms with Crippen LogP contribution in [-0.2, 0) is 0 Å². The van der Waals surface area contributed by atoms with Gasteiger partial charge in [-0.25, -0.2) is 4.98 Å². The van der Waals surface area contributed by atoms with Crippen molar-refractivity contribution in [2.75, 3.05) is 10.6 Å². The fourth-order valence-corrected chi connectivity index (χ4v) is 3.50. The van der Waals surface area contributed by atoms with E-state index in [-0.39, 0.29) is 5.69 Å². The van der Waals surface area contributed by atoms with Gasteiger partial charge in [0.05, 0.1) is 32.3 Å². The first-order chi connectivity index (χ1) is 13.4. The number of nitrogens with zero attached hydrogens (tertiary/aromatic N) is 4. The lowest BCUT2D eigenvalue weighted by molar-refractivity contribution is -0.386. The lowest BCUT2D eigenvalue weighted by Crippen LogP contribution is -2.04. The smallest absolute Gasteiger partial charge is 0.288 e. The number of nitrogens with one attached hydrogen (secondary N) is 2. The normalized spacial score (nSPS) is 10.2. The van der Waals surface area contributed by atoms with E-state index in [0.29, 0.717) is 33.1 Å². The Bertz CT molecular complexity index is 1090. The molecule has 0 unspecified atom stereocenters. The number of benzene rings is 2. The molecular weight excluding hydrogens is 424 g/mol. The molecule has 140 valence electrons. The molecule has 0 aliphatic carbocycles. The average Bonchev–Trinajstić information content (AvgIpc) is 2.65. The van der Waals surface area contributed by atoms with Crippen molar-refractivity contribution in [3.8, 4) is 6.07 Å². The summed E-state index contributed by atoms with van der Waals surface area (Å²) >= 11 is 3.25. The lowest BCUT2D eigenvalue weighted by atomic mass is 10.1. The number of nitro groups is 1. The highest BCUT2D eigenvalue weighted by atomic mass is 79.9. The van der Waals surface area contributed by atoms with Crippen molar-refractivity contribution in [2.45, 2.75) is 13.8 Å². The predicted molar refractivity (Wildman–Crippen MR) is 110 cm³/mol. The molecule has 28 heavy (non-hydrogen) atoms. The zero-order chi connectivity index (χ0) is 20.3. The quantitative estimate of drug-likeness (QED) is 0.418. The van der Waals surface area contributed by atoms with Crippen LogP contribution in [0.2, 0.25) is 0 Å². The van der Waals surface area contributed by atoms with Crippen LogP contribution < -0.4 is 10.6 Å². The van der Waals surface area contributed by atoms with E-state index in [1.54, 1.807) is 49.5 Å². The summed E-state index contributed by atoms with van der Waals surface area (Å²) in [6.45, 7) is 3.55. The maximum absolute atomic E-state index is 11.4. The topological polar surface area (TPSA) is 117 Å². The van der Waals surface area contributed by atoms with Gasteiger partial charge in [0.2, 0.25) is 5.95 Å². The standard InChI is InChI=1S/C19H15BrN6O2/c1-11-9-15(20)18(26(27)28)12(2)17(11)24-16-7-8-22-19(25-16)23-14-5-3-13(10-21)4-6-14/h3-9H,1-2H3,(H2,22,23,24,25). The Kier molecular flexibility index (Phi) is 5.52. The third-order valence-corrected chi connectivity index (χ3v) is 4.66. The van der Waals surface area contributed by atoms with Gasteiger partial charge in [0, 0.05) is 11.9 Å². The first-order valence-electron chi connectivity index (χ1n) is 8.20. The second-order valence-electron chi connectivity index (χ2n) is 5.99. The maximum Gasteiger partial charge on any atom is 0.288 e.